The molecule has 1 unspecified atom stereocenters. The molecule has 0 fully saturated rings. The van der Waals surface area contributed by atoms with E-state index < -0.39 is 35.4 Å². The third-order valence-corrected chi connectivity index (χ3v) is 6.26. The summed E-state index contributed by atoms with van der Waals surface area (Å²) in [4.78, 5) is 30.3. The minimum Gasteiger partial charge on any atom is -0.447 e. The van der Waals surface area contributed by atoms with Crippen molar-refractivity contribution >= 4 is 11.8 Å². The topological polar surface area (TPSA) is 121 Å². The Bertz CT molecular complexity index is 1560. The second-order valence-electron chi connectivity index (χ2n) is 8.85. The number of primary amides is 1. The highest BCUT2D eigenvalue weighted by Crippen LogP contribution is 2.32. The zero-order valence-corrected chi connectivity index (χ0v) is 20.7. The maximum absolute atomic E-state index is 13.6. The van der Waals surface area contributed by atoms with Crippen LogP contribution in [0.4, 0.5) is 13.2 Å². The molecule has 5 rings (SSSR count). The van der Waals surface area contributed by atoms with Crippen molar-refractivity contribution in [2.24, 2.45) is 5.73 Å². The molecule has 204 valence electrons. The van der Waals surface area contributed by atoms with Gasteiger partial charge in [-0.3, -0.25) is 9.59 Å². The maximum atomic E-state index is 13.6. The SMILES string of the molecule is NC(=O)C1(C(Cc2ccccc2)NC(=O)c2cccnc2-n2ccc(-c3cccc(C(F)(F)F)c3)n2)OC=CO1. The molecule has 0 bridgehead atoms. The van der Waals surface area contributed by atoms with Gasteiger partial charge in [0.05, 0.1) is 16.8 Å². The molecule has 2 amide bonds. The molecule has 0 saturated heterocycles. The van der Waals surface area contributed by atoms with Gasteiger partial charge in [0.15, 0.2) is 5.82 Å². The third kappa shape index (κ3) is 5.23. The molecule has 0 saturated carbocycles. The predicted octanol–water partition coefficient (Wildman–Crippen LogP) is 3.99. The van der Waals surface area contributed by atoms with Crippen molar-refractivity contribution in [1.82, 2.24) is 20.1 Å². The van der Waals surface area contributed by atoms with Crippen LogP contribution in [-0.2, 0) is 26.9 Å². The highest BCUT2D eigenvalue weighted by Gasteiger charge is 2.51. The molecule has 40 heavy (non-hydrogen) atoms. The zero-order valence-electron chi connectivity index (χ0n) is 20.7. The number of carbonyl (C=O) groups is 2. The first kappa shape index (κ1) is 26.5. The van der Waals surface area contributed by atoms with Crippen LogP contribution in [0.15, 0.2) is 97.7 Å². The number of amides is 2. The van der Waals surface area contributed by atoms with E-state index in [1.165, 1.54) is 59.9 Å². The average molecular weight is 550 g/mol. The Morgan fingerprint density at radius 2 is 1.75 bits per heavy atom. The smallest absolute Gasteiger partial charge is 0.416 e. The van der Waals surface area contributed by atoms with Crippen LogP contribution < -0.4 is 11.1 Å². The largest absolute Gasteiger partial charge is 0.447 e. The monoisotopic (exact) mass is 549 g/mol. The first-order chi connectivity index (χ1) is 19.2. The molecular weight excluding hydrogens is 527 g/mol. The van der Waals surface area contributed by atoms with E-state index in [4.69, 9.17) is 15.2 Å². The number of rotatable bonds is 8. The molecule has 12 heteroatoms. The van der Waals surface area contributed by atoms with E-state index in [-0.39, 0.29) is 29.1 Å². The molecule has 4 aromatic rings. The van der Waals surface area contributed by atoms with Gasteiger partial charge in [-0.2, -0.15) is 18.3 Å². The van der Waals surface area contributed by atoms with E-state index in [1.54, 1.807) is 12.1 Å². The maximum Gasteiger partial charge on any atom is 0.416 e. The van der Waals surface area contributed by atoms with Crippen molar-refractivity contribution < 1.29 is 32.2 Å². The van der Waals surface area contributed by atoms with Crippen LogP contribution in [0.2, 0.25) is 0 Å². The summed E-state index contributed by atoms with van der Waals surface area (Å²) in [7, 11) is 0. The second kappa shape index (κ2) is 10.6. The van der Waals surface area contributed by atoms with Crippen LogP contribution in [0.25, 0.3) is 17.1 Å². The molecule has 9 nitrogen and oxygen atoms in total. The van der Waals surface area contributed by atoms with Gasteiger partial charge in [0.2, 0.25) is 0 Å². The Kier molecular flexibility index (Phi) is 6.99. The second-order valence-corrected chi connectivity index (χ2v) is 8.85. The van der Waals surface area contributed by atoms with Gasteiger partial charge in [-0.05, 0) is 35.9 Å². The van der Waals surface area contributed by atoms with E-state index in [1.807, 2.05) is 18.2 Å². The molecule has 3 N–H and O–H groups in total. The van der Waals surface area contributed by atoms with Gasteiger partial charge < -0.3 is 20.5 Å². The molecule has 2 aromatic heterocycles. The summed E-state index contributed by atoms with van der Waals surface area (Å²) in [5.74, 6) is -3.46. The van der Waals surface area contributed by atoms with Crippen molar-refractivity contribution in [3.05, 3.63) is 114 Å². The highest BCUT2D eigenvalue weighted by molar-refractivity contribution is 5.98. The van der Waals surface area contributed by atoms with Crippen molar-refractivity contribution in [1.29, 1.82) is 0 Å². The normalized spacial score (nSPS) is 14.7. The van der Waals surface area contributed by atoms with Crippen LogP contribution >= 0.6 is 0 Å². The molecular formula is C28H22F3N5O4. The van der Waals surface area contributed by atoms with Gasteiger partial charge >= 0.3 is 17.9 Å². The third-order valence-electron chi connectivity index (χ3n) is 6.26. The Balaban J connectivity index is 1.46. The fraction of sp³-hybridized carbons (Fsp3) is 0.143. The highest BCUT2D eigenvalue weighted by atomic mass is 19.4. The van der Waals surface area contributed by atoms with E-state index in [0.29, 0.717) is 0 Å². The summed E-state index contributed by atoms with van der Waals surface area (Å²) >= 11 is 0. The Labute approximate surface area is 226 Å². The summed E-state index contributed by atoms with van der Waals surface area (Å²) in [6.07, 6.45) is 0.887. The first-order valence-corrected chi connectivity index (χ1v) is 12.0. The fourth-order valence-electron chi connectivity index (χ4n) is 4.31. The van der Waals surface area contributed by atoms with E-state index in [9.17, 15) is 22.8 Å². The van der Waals surface area contributed by atoms with Crippen LogP contribution in [0.5, 0.6) is 0 Å². The standard InChI is InChI=1S/C28H22F3N5O4/c29-28(30,31)20-9-4-8-19(17-20)22-11-13-36(35-22)24-21(10-5-12-33-24)25(37)34-23(16-18-6-2-1-3-7-18)27(26(32)38)39-14-15-40-27/h1-15,17,23H,16H2,(H2,32,38)(H,34,37). The number of halogens is 3. The number of benzene rings is 2. The van der Waals surface area contributed by atoms with Gasteiger partial charge in [0.25, 0.3) is 5.91 Å². The number of alkyl halides is 3. The summed E-state index contributed by atoms with van der Waals surface area (Å²) < 4.78 is 51.8. The number of hydrogen-bond donors (Lipinski definition) is 2. The number of nitrogens with zero attached hydrogens (tertiary/aromatic N) is 3. The van der Waals surface area contributed by atoms with Crippen LogP contribution in [0.3, 0.4) is 0 Å². The van der Waals surface area contributed by atoms with Gasteiger partial charge in [-0.15, -0.1) is 0 Å². The molecule has 2 aromatic carbocycles. The van der Waals surface area contributed by atoms with Gasteiger partial charge in [0, 0.05) is 24.4 Å². The fourth-order valence-corrected chi connectivity index (χ4v) is 4.31. The lowest BCUT2D eigenvalue weighted by atomic mass is 9.97. The van der Waals surface area contributed by atoms with E-state index in [2.05, 4.69) is 15.4 Å². The number of nitrogens with one attached hydrogen (secondary N) is 1. The average Bonchev–Trinajstić information content (AvgIpc) is 3.64. The summed E-state index contributed by atoms with van der Waals surface area (Å²) in [6.45, 7) is 0. The lowest BCUT2D eigenvalue weighted by Crippen LogP contribution is -2.61. The lowest BCUT2D eigenvalue weighted by Gasteiger charge is -2.33. The molecule has 0 aliphatic carbocycles. The number of carbonyl (C=O) groups excluding carboxylic acids is 2. The molecule has 1 aliphatic heterocycles. The Morgan fingerprint density at radius 1 is 1.00 bits per heavy atom. The summed E-state index contributed by atoms with van der Waals surface area (Å²) in [5.41, 5.74) is 6.17. The van der Waals surface area contributed by atoms with Gasteiger partial charge in [0.1, 0.15) is 18.6 Å². The number of hydrogen-bond acceptors (Lipinski definition) is 6. The van der Waals surface area contributed by atoms with Gasteiger partial charge in [-0.25, -0.2) is 9.67 Å². The number of pyridine rings is 1. The first-order valence-electron chi connectivity index (χ1n) is 12.0. The molecule has 1 atom stereocenters. The molecule has 0 radical (unpaired) electrons. The minimum absolute atomic E-state index is 0.0739. The van der Waals surface area contributed by atoms with Crippen LogP contribution in [0.1, 0.15) is 21.5 Å². The molecule has 1 aliphatic rings. The van der Waals surface area contributed by atoms with E-state index in [0.717, 1.165) is 17.7 Å². The molecule has 3 heterocycles. The lowest BCUT2D eigenvalue weighted by molar-refractivity contribution is -0.182. The zero-order chi connectivity index (χ0) is 28.3. The number of nitrogens with two attached hydrogens (primary N) is 1. The summed E-state index contributed by atoms with van der Waals surface area (Å²) in [6, 6.07) is 17.3. The minimum atomic E-state index is -4.51. The van der Waals surface area contributed by atoms with Crippen molar-refractivity contribution in [2.75, 3.05) is 0 Å². The van der Waals surface area contributed by atoms with Crippen LogP contribution in [0, 0.1) is 0 Å². The van der Waals surface area contributed by atoms with E-state index >= 15 is 0 Å². The quantitative estimate of drug-likeness (QED) is 0.343. The number of aromatic nitrogens is 3. The summed E-state index contributed by atoms with van der Waals surface area (Å²) in [5, 5.41) is 7.14. The van der Waals surface area contributed by atoms with Crippen molar-refractivity contribution in [3.63, 3.8) is 0 Å². The van der Waals surface area contributed by atoms with Crippen molar-refractivity contribution in [3.8, 4) is 17.1 Å². The number of ether oxygens (including phenoxy) is 2. The predicted molar refractivity (Wildman–Crippen MR) is 136 cm³/mol. The Morgan fingerprint density at radius 3 is 2.45 bits per heavy atom. The molecule has 0 spiro atoms. The Hall–Kier alpha value is -5.13. The van der Waals surface area contributed by atoms with Crippen molar-refractivity contribution in [2.45, 2.75) is 24.4 Å². The van der Waals surface area contributed by atoms with Gasteiger partial charge in [-0.1, -0.05) is 42.5 Å². The van der Waals surface area contributed by atoms with Crippen LogP contribution in [-0.4, -0.2) is 38.4 Å².